The summed E-state index contributed by atoms with van der Waals surface area (Å²) in [5, 5.41) is 14.5. The van der Waals surface area contributed by atoms with Crippen molar-refractivity contribution in [3.63, 3.8) is 0 Å². The van der Waals surface area contributed by atoms with Gasteiger partial charge in [-0.1, -0.05) is 60.7 Å². The molecule has 3 fully saturated rings. The van der Waals surface area contributed by atoms with Gasteiger partial charge in [0.2, 0.25) is 0 Å². The Morgan fingerprint density at radius 1 is 0.826 bits per heavy atom. The number of benzene rings is 2. The third kappa shape index (κ3) is 2.50. The largest absolute Gasteiger partial charge is 0.393 e. The van der Waals surface area contributed by atoms with Gasteiger partial charge in [0.25, 0.3) is 0 Å². The predicted octanol–water partition coefficient (Wildman–Crippen LogP) is 3.69. The topological polar surface area (TPSA) is 32.3 Å². The molecule has 5 rings (SSSR count). The van der Waals surface area contributed by atoms with Crippen molar-refractivity contribution in [2.24, 2.45) is 5.92 Å². The molecule has 2 heteroatoms. The average Bonchev–Trinajstić information content (AvgIpc) is 2.63. The molecular weight excluding hydrogens is 282 g/mol. The number of fused-ring (bicyclic) bond motifs is 3. The van der Waals surface area contributed by atoms with E-state index in [1.165, 1.54) is 11.1 Å². The second-order valence-corrected chi connectivity index (χ2v) is 7.32. The molecule has 23 heavy (non-hydrogen) atoms. The fourth-order valence-electron chi connectivity index (χ4n) is 5.10. The summed E-state index contributed by atoms with van der Waals surface area (Å²) in [5.74, 6) is 1.16. The first-order valence-electron chi connectivity index (χ1n) is 8.69. The molecule has 0 heterocycles. The van der Waals surface area contributed by atoms with Gasteiger partial charge in [-0.15, -0.1) is 0 Å². The zero-order chi connectivity index (χ0) is 15.9. The van der Waals surface area contributed by atoms with Crippen molar-refractivity contribution in [3.8, 4) is 0 Å². The van der Waals surface area contributed by atoms with Gasteiger partial charge in [-0.05, 0) is 55.2 Å². The lowest BCUT2D eigenvalue weighted by atomic mass is 9.52. The number of hydrogen-bond donors (Lipinski definition) is 2. The van der Waals surface area contributed by atoms with Crippen molar-refractivity contribution in [1.29, 1.82) is 0 Å². The molecule has 0 aliphatic heterocycles. The van der Waals surface area contributed by atoms with Gasteiger partial charge in [-0.2, -0.15) is 0 Å². The van der Waals surface area contributed by atoms with E-state index < -0.39 is 0 Å². The molecule has 3 atom stereocenters. The summed E-state index contributed by atoms with van der Waals surface area (Å²) in [7, 11) is 2.06. The molecule has 3 aliphatic rings. The minimum absolute atomic E-state index is 0.0508. The monoisotopic (exact) mass is 307 g/mol. The zero-order valence-corrected chi connectivity index (χ0v) is 13.7. The van der Waals surface area contributed by atoms with Crippen molar-refractivity contribution >= 4 is 0 Å². The summed E-state index contributed by atoms with van der Waals surface area (Å²) in [6.07, 6.45) is 2.89. The van der Waals surface area contributed by atoms with E-state index in [-0.39, 0.29) is 11.6 Å². The van der Waals surface area contributed by atoms with E-state index in [0.717, 1.165) is 19.3 Å². The molecule has 0 saturated heterocycles. The standard InChI is InChI=1S/C21H25NO/c1-22-21-12-17(15-8-4-2-5-9-15)20(19(23)14-21)18(13-21)16-10-6-3-7-11-16/h2-11,17-20,22-23H,12-14H2,1H3/t17-,18-,19+,20?,21?/m0/s1. The lowest BCUT2D eigenvalue weighted by Crippen LogP contribution is -2.60. The van der Waals surface area contributed by atoms with E-state index in [0.29, 0.717) is 17.8 Å². The third-order valence-electron chi connectivity index (χ3n) is 6.18. The maximum atomic E-state index is 10.9. The molecular formula is C21H25NO. The summed E-state index contributed by atoms with van der Waals surface area (Å²) in [6.45, 7) is 0. The van der Waals surface area contributed by atoms with Gasteiger partial charge in [0.1, 0.15) is 0 Å². The molecule has 0 amide bonds. The SMILES string of the molecule is CNC12C[C@@H](O)C([C@H](c3ccccc3)C1)[C@H](c1ccccc1)C2. The summed E-state index contributed by atoms with van der Waals surface area (Å²) in [6, 6.07) is 21.5. The molecule has 2 aromatic rings. The van der Waals surface area contributed by atoms with Crippen LogP contribution in [0.3, 0.4) is 0 Å². The fourth-order valence-corrected chi connectivity index (χ4v) is 5.10. The molecule has 0 unspecified atom stereocenters. The fraction of sp³-hybridized carbons (Fsp3) is 0.429. The molecule has 120 valence electrons. The number of nitrogens with one attached hydrogen (secondary N) is 1. The number of aliphatic hydroxyl groups excluding tert-OH is 1. The van der Waals surface area contributed by atoms with Gasteiger partial charge in [0.05, 0.1) is 6.10 Å². The smallest absolute Gasteiger partial charge is 0.0597 e. The minimum atomic E-state index is -0.236. The van der Waals surface area contributed by atoms with Crippen molar-refractivity contribution in [2.45, 2.75) is 42.7 Å². The van der Waals surface area contributed by atoms with E-state index in [9.17, 15) is 5.11 Å². The highest BCUT2D eigenvalue weighted by atomic mass is 16.3. The maximum absolute atomic E-state index is 10.9. The molecule has 3 aliphatic carbocycles. The van der Waals surface area contributed by atoms with Crippen molar-refractivity contribution < 1.29 is 5.11 Å². The van der Waals surface area contributed by atoms with Crippen molar-refractivity contribution in [3.05, 3.63) is 71.8 Å². The van der Waals surface area contributed by atoms with E-state index in [4.69, 9.17) is 0 Å². The highest BCUT2D eigenvalue weighted by Crippen LogP contribution is 2.57. The Hall–Kier alpha value is -1.64. The van der Waals surface area contributed by atoms with Gasteiger partial charge in [0, 0.05) is 5.54 Å². The lowest BCUT2D eigenvalue weighted by Gasteiger charge is -2.57. The van der Waals surface area contributed by atoms with E-state index in [2.05, 4.69) is 73.0 Å². The van der Waals surface area contributed by atoms with Crippen LogP contribution in [0.4, 0.5) is 0 Å². The maximum Gasteiger partial charge on any atom is 0.0597 e. The first kappa shape index (κ1) is 14.9. The van der Waals surface area contributed by atoms with Crippen LogP contribution < -0.4 is 5.32 Å². The van der Waals surface area contributed by atoms with Crippen LogP contribution in [0, 0.1) is 5.92 Å². The first-order valence-corrected chi connectivity index (χ1v) is 8.69. The molecule has 0 aromatic heterocycles. The van der Waals surface area contributed by atoms with Crippen LogP contribution in [0.15, 0.2) is 60.7 Å². The second kappa shape index (κ2) is 5.77. The summed E-state index contributed by atoms with van der Waals surface area (Å²) in [5.41, 5.74) is 2.79. The Balaban J connectivity index is 1.77. The van der Waals surface area contributed by atoms with Gasteiger partial charge in [-0.25, -0.2) is 0 Å². The van der Waals surface area contributed by atoms with Crippen molar-refractivity contribution in [1.82, 2.24) is 5.32 Å². The predicted molar refractivity (Wildman–Crippen MR) is 93.5 cm³/mol. The van der Waals surface area contributed by atoms with Crippen LogP contribution in [0.2, 0.25) is 0 Å². The molecule has 0 radical (unpaired) electrons. The molecule has 0 spiro atoms. The van der Waals surface area contributed by atoms with Crippen LogP contribution in [0.1, 0.15) is 42.2 Å². The molecule has 3 saturated carbocycles. The molecule has 2 nitrogen and oxygen atoms in total. The quantitative estimate of drug-likeness (QED) is 0.906. The minimum Gasteiger partial charge on any atom is -0.393 e. The van der Waals surface area contributed by atoms with E-state index >= 15 is 0 Å². The number of rotatable bonds is 3. The van der Waals surface area contributed by atoms with E-state index in [1.807, 2.05) is 0 Å². The Labute approximate surface area is 138 Å². The highest BCUT2D eigenvalue weighted by Gasteiger charge is 2.54. The average molecular weight is 307 g/mol. The van der Waals surface area contributed by atoms with Crippen LogP contribution >= 0.6 is 0 Å². The number of aliphatic hydroxyl groups is 1. The van der Waals surface area contributed by atoms with Crippen LogP contribution in [-0.2, 0) is 0 Å². The Morgan fingerprint density at radius 3 is 1.74 bits per heavy atom. The lowest BCUT2D eigenvalue weighted by molar-refractivity contribution is -0.0517. The number of hydrogen-bond acceptors (Lipinski definition) is 2. The van der Waals surface area contributed by atoms with Gasteiger partial charge >= 0.3 is 0 Å². The second-order valence-electron chi connectivity index (χ2n) is 7.32. The van der Waals surface area contributed by atoms with Crippen LogP contribution in [0.25, 0.3) is 0 Å². The van der Waals surface area contributed by atoms with Gasteiger partial charge < -0.3 is 10.4 Å². The highest BCUT2D eigenvalue weighted by molar-refractivity contribution is 5.32. The van der Waals surface area contributed by atoms with Crippen LogP contribution in [0.5, 0.6) is 0 Å². The molecule has 2 bridgehead atoms. The molecule has 2 aromatic carbocycles. The van der Waals surface area contributed by atoms with E-state index in [1.54, 1.807) is 0 Å². The zero-order valence-electron chi connectivity index (χ0n) is 13.7. The summed E-state index contributed by atoms with van der Waals surface area (Å²) < 4.78 is 0. The first-order chi connectivity index (χ1) is 11.2. The van der Waals surface area contributed by atoms with Crippen molar-refractivity contribution in [2.75, 3.05) is 7.05 Å². The summed E-state index contributed by atoms with van der Waals surface area (Å²) >= 11 is 0. The Bertz CT molecular complexity index is 605. The normalized spacial score (nSPS) is 36.1. The van der Waals surface area contributed by atoms with Crippen LogP contribution in [-0.4, -0.2) is 23.8 Å². The Morgan fingerprint density at radius 2 is 1.30 bits per heavy atom. The Kier molecular flexibility index (Phi) is 3.74. The van der Waals surface area contributed by atoms with Gasteiger partial charge in [0.15, 0.2) is 0 Å². The van der Waals surface area contributed by atoms with Gasteiger partial charge in [-0.3, -0.25) is 0 Å². The molecule has 2 N–H and O–H groups in total. The summed E-state index contributed by atoms with van der Waals surface area (Å²) in [4.78, 5) is 0. The third-order valence-corrected chi connectivity index (χ3v) is 6.18.